The molecule has 1 amide bonds. The van der Waals surface area contributed by atoms with Crippen molar-refractivity contribution in [2.45, 2.75) is 23.8 Å². The van der Waals surface area contributed by atoms with Crippen LogP contribution in [0.2, 0.25) is 0 Å². The number of pyridine rings is 2. The number of benzene rings is 2. The van der Waals surface area contributed by atoms with Gasteiger partial charge in [-0.15, -0.1) is 0 Å². The molecule has 0 spiro atoms. The summed E-state index contributed by atoms with van der Waals surface area (Å²) < 4.78 is 27.7. The first-order valence-electron chi connectivity index (χ1n) is 10.2. The summed E-state index contributed by atoms with van der Waals surface area (Å²) in [6.45, 7) is 0. The molecule has 1 aliphatic rings. The molecule has 2 aromatic carbocycles. The molecule has 1 saturated carbocycles. The van der Waals surface area contributed by atoms with Gasteiger partial charge in [0, 0.05) is 35.1 Å². The minimum atomic E-state index is -3.61. The Morgan fingerprint density at radius 2 is 1.72 bits per heavy atom. The zero-order valence-electron chi connectivity index (χ0n) is 17.0. The summed E-state index contributed by atoms with van der Waals surface area (Å²) in [6.07, 6.45) is 5.05. The fourth-order valence-electron chi connectivity index (χ4n) is 3.46. The molecule has 2 heterocycles. The van der Waals surface area contributed by atoms with E-state index < -0.39 is 10.0 Å². The van der Waals surface area contributed by atoms with E-state index in [1.54, 1.807) is 30.6 Å². The van der Waals surface area contributed by atoms with Crippen molar-refractivity contribution in [2.75, 3.05) is 5.32 Å². The molecule has 0 radical (unpaired) electrons. The first kappa shape index (κ1) is 20.3. The van der Waals surface area contributed by atoms with Gasteiger partial charge in [-0.05, 0) is 55.3 Å². The quantitative estimate of drug-likeness (QED) is 0.468. The molecule has 1 aliphatic carbocycles. The molecule has 5 rings (SSSR count). The molecule has 7 nitrogen and oxygen atoms in total. The third kappa shape index (κ3) is 4.23. The van der Waals surface area contributed by atoms with Crippen LogP contribution in [0.3, 0.4) is 0 Å². The fourth-order valence-corrected chi connectivity index (χ4v) is 4.81. The van der Waals surface area contributed by atoms with Crippen LogP contribution in [-0.2, 0) is 10.0 Å². The summed E-state index contributed by atoms with van der Waals surface area (Å²) in [4.78, 5) is 22.1. The van der Waals surface area contributed by atoms with Crippen molar-refractivity contribution < 1.29 is 13.2 Å². The summed E-state index contributed by atoms with van der Waals surface area (Å²) in [6, 6.07) is 19.1. The molecule has 32 heavy (non-hydrogen) atoms. The minimum Gasteiger partial charge on any atom is -0.322 e. The van der Waals surface area contributed by atoms with Crippen molar-refractivity contribution in [3.05, 3.63) is 84.7 Å². The number of nitrogens with one attached hydrogen (secondary N) is 2. The molecule has 4 aromatic rings. The Bertz CT molecular complexity index is 1420. The number of fused-ring (bicyclic) bond motifs is 1. The van der Waals surface area contributed by atoms with E-state index in [9.17, 15) is 13.2 Å². The Balaban J connectivity index is 1.50. The largest absolute Gasteiger partial charge is 0.322 e. The van der Waals surface area contributed by atoms with Crippen LogP contribution in [0.5, 0.6) is 0 Å². The number of para-hydroxylation sites is 1. The normalized spacial score (nSPS) is 13.8. The smallest absolute Gasteiger partial charge is 0.256 e. The van der Waals surface area contributed by atoms with E-state index in [1.165, 1.54) is 12.1 Å². The highest BCUT2D eigenvalue weighted by Gasteiger charge is 2.28. The molecule has 8 heteroatoms. The molecule has 0 bridgehead atoms. The van der Waals surface area contributed by atoms with Gasteiger partial charge in [-0.3, -0.25) is 9.78 Å². The van der Waals surface area contributed by atoms with E-state index >= 15 is 0 Å². The number of carbonyl (C=O) groups excluding carboxylic acids is 1. The lowest BCUT2D eigenvalue weighted by Crippen LogP contribution is -2.25. The van der Waals surface area contributed by atoms with Crippen LogP contribution >= 0.6 is 0 Å². The standard InChI is InChI=1S/C24H20N4O3S/c29-24(26-18-4-3-5-19(14-18)32(30,31)28-17-8-9-17)21-15-23(16-10-12-25-13-11-16)27-22-7-2-1-6-20(21)22/h1-7,10-15,17,28H,8-9H2,(H,26,29). The summed E-state index contributed by atoms with van der Waals surface area (Å²) in [5, 5.41) is 3.55. The first-order chi connectivity index (χ1) is 15.5. The van der Waals surface area contributed by atoms with E-state index in [4.69, 9.17) is 0 Å². The van der Waals surface area contributed by atoms with Crippen LogP contribution in [-0.4, -0.2) is 30.3 Å². The van der Waals surface area contributed by atoms with Gasteiger partial charge in [-0.2, -0.15) is 0 Å². The highest BCUT2D eigenvalue weighted by molar-refractivity contribution is 7.89. The van der Waals surface area contributed by atoms with Crippen molar-refractivity contribution in [3.8, 4) is 11.3 Å². The third-order valence-electron chi connectivity index (χ3n) is 5.24. The average Bonchev–Trinajstić information content (AvgIpc) is 3.62. The maximum absolute atomic E-state index is 13.2. The predicted octanol–water partition coefficient (Wildman–Crippen LogP) is 3.99. The van der Waals surface area contributed by atoms with Gasteiger partial charge in [-0.25, -0.2) is 18.1 Å². The molecule has 2 aromatic heterocycles. The number of hydrogen-bond donors (Lipinski definition) is 2. The Kier molecular flexibility index (Phi) is 5.16. The Labute approximate surface area is 185 Å². The molecule has 0 aliphatic heterocycles. The van der Waals surface area contributed by atoms with Crippen LogP contribution in [0, 0.1) is 0 Å². The predicted molar refractivity (Wildman–Crippen MR) is 123 cm³/mol. The number of nitrogens with zero attached hydrogens (tertiary/aromatic N) is 2. The zero-order chi connectivity index (χ0) is 22.1. The fraction of sp³-hybridized carbons (Fsp3) is 0.125. The van der Waals surface area contributed by atoms with Crippen molar-refractivity contribution in [1.29, 1.82) is 0 Å². The summed E-state index contributed by atoms with van der Waals surface area (Å²) >= 11 is 0. The molecule has 160 valence electrons. The van der Waals surface area contributed by atoms with Gasteiger partial charge in [0.25, 0.3) is 5.91 Å². The van der Waals surface area contributed by atoms with Crippen LogP contribution in [0.1, 0.15) is 23.2 Å². The summed E-state index contributed by atoms with van der Waals surface area (Å²) in [7, 11) is -3.61. The van der Waals surface area contributed by atoms with Crippen LogP contribution in [0.4, 0.5) is 5.69 Å². The van der Waals surface area contributed by atoms with E-state index in [0.29, 0.717) is 27.8 Å². The molecular formula is C24H20N4O3S. The van der Waals surface area contributed by atoms with E-state index in [-0.39, 0.29) is 16.8 Å². The summed E-state index contributed by atoms with van der Waals surface area (Å²) in [5.74, 6) is -0.344. The second-order valence-electron chi connectivity index (χ2n) is 7.69. The van der Waals surface area contributed by atoms with Gasteiger partial charge in [0.05, 0.1) is 21.7 Å². The van der Waals surface area contributed by atoms with Gasteiger partial charge in [0.2, 0.25) is 10.0 Å². The third-order valence-corrected chi connectivity index (χ3v) is 6.76. The highest BCUT2D eigenvalue weighted by Crippen LogP contribution is 2.26. The van der Waals surface area contributed by atoms with E-state index in [2.05, 4.69) is 20.0 Å². The van der Waals surface area contributed by atoms with Gasteiger partial charge >= 0.3 is 0 Å². The monoisotopic (exact) mass is 444 g/mol. The van der Waals surface area contributed by atoms with Crippen molar-refractivity contribution in [1.82, 2.24) is 14.7 Å². The number of aromatic nitrogens is 2. The molecule has 2 N–H and O–H groups in total. The Morgan fingerprint density at radius 1 is 0.938 bits per heavy atom. The van der Waals surface area contributed by atoms with Crippen molar-refractivity contribution in [3.63, 3.8) is 0 Å². The second-order valence-corrected chi connectivity index (χ2v) is 9.40. The number of rotatable bonds is 6. The van der Waals surface area contributed by atoms with Crippen LogP contribution in [0.25, 0.3) is 22.2 Å². The van der Waals surface area contributed by atoms with Crippen molar-refractivity contribution in [2.24, 2.45) is 0 Å². The molecule has 0 saturated heterocycles. The van der Waals surface area contributed by atoms with Crippen LogP contribution in [0.15, 0.2) is 84.0 Å². The van der Waals surface area contributed by atoms with Gasteiger partial charge in [0.15, 0.2) is 0 Å². The van der Waals surface area contributed by atoms with E-state index in [1.807, 2.05) is 36.4 Å². The van der Waals surface area contributed by atoms with Gasteiger partial charge < -0.3 is 5.32 Å². The first-order valence-corrected chi connectivity index (χ1v) is 11.7. The lowest BCUT2D eigenvalue weighted by molar-refractivity contribution is 0.102. The number of carbonyl (C=O) groups is 1. The lowest BCUT2D eigenvalue weighted by Gasteiger charge is -2.12. The van der Waals surface area contributed by atoms with Crippen molar-refractivity contribution >= 4 is 32.5 Å². The summed E-state index contributed by atoms with van der Waals surface area (Å²) in [5.41, 5.74) is 3.05. The Hall–Kier alpha value is -3.62. The molecule has 0 unspecified atom stereocenters. The number of anilines is 1. The molecule has 1 fully saturated rings. The number of amides is 1. The van der Waals surface area contributed by atoms with Crippen LogP contribution < -0.4 is 10.0 Å². The average molecular weight is 445 g/mol. The number of sulfonamides is 1. The topological polar surface area (TPSA) is 101 Å². The second kappa shape index (κ2) is 8.14. The highest BCUT2D eigenvalue weighted by atomic mass is 32.2. The minimum absolute atomic E-state index is 0.00744. The molecule has 0 atom stereocenters. The number of hydrogen-bond acceptors (Lipinski definition) is 5. The lowest BCUT2D eigenvalue weighted by atomic mass is 10.0. The molecular weight excluding hydrogens is 424 g/mol. The Morgan fingerprint density at radius 3 is 2.50 bits per heavy atom. The van der Waals surface area contributed by atoms with Gasteiger partial charge in [-0.1, -0.05) is 24.3 Å². The van der Waals surface area contributed by atoms with Gasteiger partial charge in [0.1, 0.15) is 0 Å². The maximum atomic E-state index is 13.2. The maximum Gasteiger partial charge on any atom is 0.256 e. The zero-order valence-corrected chi connectivity index (χ0v) is 17.8. The van der Waals surface area contributed by atoms with E-state index in [0.717, 1.165) is 18.4 Å². The SMILES string of the molecule is O=C(Nc1cccc(S(=O)(=O)NC2CC2)c1)c1cc(-c2ccncc2)nc2ccccc12.